The van der Waals surface area contributed by atoms with Crippen molar-refractivity contribution >= 4 is 27.1 Å². The first-order valence-corrected chi connectivity index (χ1v) is 7.69. The lowest BCUT2D eigenvalue weighted by Gasteiger charge is -2.11. The summed E-state index contributed by atoms with van der Waals surface area (Å²) in [5.41, 5.74) is 6.56. The van der Waals surface area contributed by atoms with Gasteiger partial charge in [0, 0.05) is 18.2 Å². The summed E-state index contributed by atoms with van der Waals surface area (Å²) in [6.45, 7) is 0.334. The summed E-state index contributed by atoms with van der Waals surface area (Å²) in [6, 6.07) is 6.31. The summed E-state index contributed by atoms with van der Waals surface area (Å²) in [4.78, 5) is 0.217. The molecule has 4 N–H and O–H groups in total. The summed E-state index contributed by atoms with van der Waals surface area (Å²) in [5, 5.41) is 11.8. The Hall–Kier alpha value is -1.08. The van der Waals surface area contributed by atoms with Crippen LogP contribution in [-0.4, -0.2) is 32.7 Å². The maximum atomic E-state index is 12.1. The van der Waals surface area contributed by atoms with E-state index in [1.54, 1.807) is 18.2 Å². The molecule has 1 aliphatic heterocycles. The number of aliphatic hydroxyl groups is 1. The van der Waals surface area contributed by atoms with Crippen molar-refractivity contribution in [1.82, 2.24) is 5.32 Å². The smallest absolute Gasteiger partial charge is 0.220 e. The number of halogens is 1. The molecule has 0 amide bonds. The standard InChI is InChI=1S/C12H15ClN2O3S/c13-12-11(15-6-5-8(14)7-16)9-3-1-2-4-10(9)19(12,17)18/h1-4,8,15-16H,5-7,14H2. The van der Waals surface area contributed by atoms with Gasteiger partial charge in [0.1, 0.15) is 0 Å². The van der Waals surface area contributed by atoms with Crippen LogP contribution >= 0.6 is 11.6 Å². The minimum Gasteiger partial charge on any atom is -0.395 e. The Kier molecular flexibility index (Phi) is 4.15. The molecule has 0 bridgehead atoms. The van der Waals surface area contributed by atoms with Gasteiger partial charge in [-0.3, -0.25) is 0 Å². The number of rotatable bonds is 5. The second-order valence-electron chi connectivity index (χ2n) is 4.31. The highest BCUT2D eigenvalue weighted by Crippen LogP contribution is 2.39. The van der Waals surface area contributed by atoms with Crippen molar-refractivity contribution in [1.29, 1.82) is 0 Å². The first-order valence-electron chi connectivity index (χ1n) is 5.83. The number of hydrogen-bond donors (Lipinski definition) is 3. The molecule has 1 aliphatic rings. The molecular formula is C12H15ClN2O3S. The van der Waals surface area contributed by atoms with Gasteiger partial charge in [-0.1, -0.05) is 29.8 Å². The monoisotopic (exact) mass is 302 g/mol. The van der Waals surface area contributed by atoms with Crippen LogP contribution in [0, 0.1) is 0 Å². The van der Waals surface area contributed by atoms with E-state index in [2.05, 4.69) is 5.32 Å². The number of sulfone groups is 1. The van der Waals surface area contributed by atoms with Crippen LogP contribution in [0.3, 0.4) is 0 Å². The van der Waals surface area contributed by atoms with E-state index in [-0.39, 0.29) is 21.9 Å². The highest BCUT2D eigenvalue weighted by atomic mass is 35.5. The molecule has 0 fully saturated rings. The number of nitrogens with two attached hydrogens (primary N) is 1. The Morgan fingerprint density at radius 3 is 2.74 bits per heavy atom. The van der Waals surface area contributed by atoms with Crippen LogP contribution < -0.4 is 11.1 Å². The Balaban J connectivity index is 2.23. The van der Waals surface area contributed by atoms with E-state index in [0.29, 0.717) is 24.2 Å². The quantitative estimate of drug-likeness (QED) is 0.742. The summed E-state index contributed by atoms with van der Waals surface area (Å²) in [5.74, 6) is 0. The molecule has 1 heterocycles. The Morgan fingerprint density at radius 1 is 1.37 bits per heavy atom. The molecule has 1 aromatic carbocycles. The van der Waals surface area contributed by atoms with Crippen LogP contribution in [0.25, 0.3) is 5.70 Å². The average molecular weight is 303 g/mol. The minimum absolute atomic E-state index is 0.108. The van der Waals surface area contributed by atoms with E-state index >= 15 is 0 Å². The van der Waals surface area contributed by atoms with Crippen LogP contribution in [0.2, 0.25) is 0 Å². The van der Waals surface area contributed by atoms with Gasteiger partial charge in [-0.25, -0.2) is 8.42 Å². The molecule has 2 rings (SSSR count). The fourth-order valence-electron chi connectivity index (χ4n) is 1.88. The topological polar surface area (TPSA) is 92.4 Å². The molecule has 0 spiro atoms. The van der Waals surface area contributed by atoms with E-state index in [1.807, 2.05) is 0 Å². The van der Waals surface area contributed by atoms with Crippen molar-refractivity contribution in [3.8, 4) is 0 Å². The molecule has 0 radical (unpaired) electrons. The van der Waals surface area contributed by atoms with Gasteiger partial charge in [0.05, 0.1) is 17.2 Å². The van der Waals surface area contributed by atoms with E-state index in [0.717, 1.165) is 0 Å². The molecule has 19 heavy (non-hydrogen) atoms. The molecule has 0 aromatic heterocycles. The highest BCUT2D eigenvalue weighted by Gasteiger charge is 2.34. The van der Waals surface area contributed by atoms with Crippen LogP contribution in [0.15, 0.2) is 33.5 Å². The third-order valence-electron chi connectivity index (χ3n) is 2.93. The Labute approximate surface area is 117 Å². The van der Waals surface area contributed by atoms with Crippen molar-refractivity contribution in [2.24, 2.45) is 5.73 Å². The van der Waals surface area contributed by atoms with E-state index in [9.17, 15) is 8.42 Å². The third-order valence-corrected chi connectivity index (χ3v) is 5.34. The lowest BCUT2D eigenvalue weighted by atomic mass is 10.1. The van der Waals surface area contributed by atoms with E-state index in [1.165, 1.54) is 6.07 Å². The number of nitrogens with one attached hydrogen (secondary N) is 1. The van der Waals surface area contributed by atoms with Gasteiger partial charge < -0.3 is 16.2 Å². The molecule has 1 aromatic rings. The predicted molar refractivity (Wildman–Crippen MR) is 74.1 cm³/mol. The van der Waals surface area contributed by atoms with Crippen molar-refractivity contribution in [2.75, 3.05) is 13.2 Å². The van der Waals surface area contributed by atoms with Crippen molar-refractivity contribution in [2.45, 2.75) is 17.4 Å². The summed E-state index contributed by atoms with van der Waals surface area (Å²) in [6.07, 6.45) is 0.520. The molecule has 0 saturated heterocycles. The van der Waals surface area contributed by atoms with Crippen LogP contribution in [-0.2, 0) is 9.84 Å². The van der Waals surface area contributed by atoms with Crippen LogP contribution in [0.4, 0.5) is 0 Å². The first kappa shape index (κ1) is 14.3. The van der Waals surface area contributed by atoms with E-state index in [4.69, 9.17) is 22.4 Å². The molecule has 5 nitrogen and oxygen atoms in total. The maximum Gasteiger partial charge on any atom is 0.220 e. The molecule has 1 unspecified atom stereocenters. The second-order valence-corrected chi connectivity index (χ2v) is 6.76. The lowest BCUT2D eigenvalue weighted by molar-refractivity contribution is 0.260. The molecular weight excluding hydrogens is 288 g/mol. The summed E-state index contributed by atoms with van der Waals surface area (Å²) >= 11 is 5.93. The van der Waals surface area contributed by atoms with Gasteiger partial charge in [0.2, 0.25) is 9.84 Å². The molecule has 1 atom stereocenters. The van der Waals surface area contributed by atoms with Gasteiger partial charge in [0.15, 0.2) is 4.36 Å². The molecule has 7 heteroatoms. The van der Waals surface area contributed by atoms with Gasteiger partial charge >= 0.3 is 0 Å². The normalized spacial score (nSPS) is 18.3. The zero-order valence-electron chi connectivity index (χ0n) is 10.1. The van der Waals surface area contributed by atoms with Crippen LogP contribution in [0.1, 0.15) is 12.0 Å². The van der Waals surface area contributed by atoms with Gasteiger partial charge in [-0.15, -0.1) is 0 Å². The highest BCUT2D eigenvalue weighted by molar-refractivity contribution is 7.97. The summed E-state index contributed by atoms with van der Waals surface area (Å²) in [7, 11) is -3.59. The van der Waals surface area contributed by atoms with Gasteiger partial charge in [-0.05, 0) is 12.5 Å². The Bertz CT molecular complexity index is 613. The maximum absolute atomic E-state index is 12.1. The SMILES string of the molecule is NC(CO)CCNC1=C(Cl)S(=O)(=O)c2ccccc21. The second kappa shape index (κ2) is 5.50. The lowest BCUT2D eigenvalue weighted by Crippen LogP contribution is -2.29. The van der Waals surface area contributed by atoms with Crippen molar-refractivity contribution in [3.05, 3.63) is 34.2 Å². The van der Waals surface area contributed by atoms with Crippen molar-refractivity contribution in [3.63, 3.8) is 0 Å². The first-order chi connectivity index (χ1) is 8.98. The van der Waals surface area contributed by atoms with Gasteiger partial charge in [0.25, 0.3) is 0 Å². The van der Waals surface area contributed by atoms with Gasteiger partial charge in [-0.2, -0.15) is 0 Å². The van der Waals surface area contributed by atoms with E-state index < -0.39 is 9.84 Å². The zero-order chi connectivity index (χ0) is 14.0. The number of benzene rings is 1. The fourth-order valence-corrected chi connectivity index (χ4v) is 3.66. The zero-order valence-corrected chi connectivity index (χ0v) is 11.7. The number of aliphatic hydroxyl groups excluding tert-OH is 1. The summed E-state index contributed by atoms with van der Waals surface area (Å²) < 4.78 is 23.9. The minimum atomic E-state index is -3.59. The predicted octanol–water partition coefficient (Wildman–Crippen LogP) is 0.638. The third kappa shape index (κ3) is 2.62. The van der Waals surface area contributed by atoms with Crippen LogP contribution in [0.5, 0.6) is 0 Å². The number of fused-ring (bicyclic) bond motifs is 1. The average Bonchev–Trinajstić information content (AvgIpc) is 2.60. The molecule has 104 valence electrons. The fraction of sp³-hybridized carbons (Fsp3) is 0.333. The largest absolute Gasteiger partial charge is 0.395 e. The van der Waals surface area contributed by atoms with Crippen molar-refractivity contribution < 1.29 is 13.5 Å². The number of hydrogen-bond acceptors (Lipinski definition) is 5. The molecule has 0 saturated carbocycles. The Morgan fingerprint density at radius 2 is 2.05 bits per heavy atom. The molecule has 0 aliphatic carbocycles.